The molecular weight excluding hydrogens is 308 g/mol. The van der Waals surface area contributed by atoms with E-state index in [0.717, 1.165) is 5.56 Å². The van der Waals surface area contributed by atoms with Crippen LogP contribution in [0.2, 0.25) is 0 Å². The molecule has 2 aromatic carbocycles. The summed E-state index contributed by atoms with van der Waals surface area (Å²) in [5.74, 6) is 1.25. The average Bonchev–Trinajstić information content (AvgIpc) is 3.07. The van der Waals surface area contributed by atoms with Crippen molar-refractivity contribution in [3.63, 3.8) is 0 Å². The molecule has 3 N–H and O–H groups in total. The Balaban J connectivity index is 1.53. The van der Waals surface area contributed by atoms with Crippen LogP contribution in [0, 0.1) is 0 Å². The van der Waals surface area contributed by atoms with Crippen LogP contribution in [0.1, 0.15) is 18.1 Å². The van der Waals surface area contributed by atoms with Gasteiger partial charge in [0.1, 0.15) is 5.60 Å². The molecule has 24 heavy (non-hydrogen) atoms. The van der Waals surface area contributed by atoms with Gasteiger partial charge in [-0.3, -0.25) is 0 Å². The monoisotopic (exact) mass is 328 g/mol. The summed E-state index contributed by atoms with van der Waals surface area (Å²) in [6.45, 7) is 2.33. The van der Waals surface area contributed by atoms with Crippen molar-refractivity contribution in [3.8, 4) is 11.5 Å². The SMILES string of the molecule is CC(O)(CNC(=O)NCc1ccccc1)c1ccc2c(c1)OCO2. The predicted octanol–water partition coefficient (Wildman–Crippen LogP) is 2.12. The smallest absolute Gasteiger partial charge is 0.315 e. The second-order valence-electron chi connectivity index (χ2n) is 5.86. The molecule has 1 unspecified atom stereocenters. The average molecular weight is 328 g/mol. The number of amides is 2. The molecule has 0 radical (unpaired) electrons. The normalized spacial score (nSPS) is 14.8. The molecule has 2 aromatic rings. The number of fused-ring (bicyclic) bond motifs is 1. The zero-order valence-corrected chi connectivity index (χ0v) is 13.4. The molecule has 0 saturated heterocycles. The van der Waals surface area contributed by atoms with E-state index < -0.39 is 5.60 Å². The molecule has 1 aliphatic rings. The van der Waals surface area contributed by atoms with Gasteiger partial charge in [0.25, 0.3) is 0 Å². The Morgan fingerprint density at radius 2 is 1.88 bits per heavy atom. The van der Waals surface area contributed by atoms with Crippen molar-refractivity contribution in [2.24, 2.45) is 0 Å². The molecule has 126 valence electrons. The summed E-state index contributed by atoms with van der Waals surface area (Å²) < 4.78 is 10.6. The fourth-order valence-electron chi connectivity index (χ4n) is 2.43. The van der Waals surface area contributed by atoms with Crippen LogP contribution in [0.15, 0.2) is 48.5 Å². The number of rotatable bonds is 5. The maximum absolute atomic E-state index is 11.9. The molecule has 6 heteroatoms. The van der Waals surface area contributed by atoms with E-state index in [0.29, 0.717) is 23.6 Å². The Hall–Kier alpha value is -2.73. The minimum Gasteiger partial charge on any atom is -0.454 e. The number of hydrogen-bond acceptors (Lipinski definition) is 4. The first kappa shape index (κ1) is 16.1. The van der Waals surface area contributed by atoms with Gasteiger partial charge in [-0.1, -0.05) is 36.4 Å². The van der Waals surface area contributed by atoms with E-state index in [9.17, 15) is 9.90 Å². The van der Waals surface area contributed by atoms with Gasteiger partial charge in [-0.25, -0.2) is 4.79 Å². The highest BCUT2D eigenvalue weighted by Gasteiger charge is 2.26. The van der Waals surface area contributed by atoms with Crippen LogP contribution in [0.3, 0.4) is 0 Å². The van der Waals surface area contributed by atoms with Crippen molar-refractivity contribution in [1.82, 2.24) is 10.6 Å². The van der Waals surface area contributed by atoms with Gasteiger partial charge in [0.05, 0.1) is 6.54 Å². The van der Waals surface area contributed by atoms with Crippen molar-refractivity contribution in [2.45, 2.75) is 19.1 Å². The molecular formula is C18H20N2O4. The predicted molar refractivity (Wildman–Crippen MR) is 88.8 cm³/mol. The first-order chi connectivity index (χ1) is 11.5. The maximum Gasteiger partial charge on any atom is 0.315 e. The van der Waals surface area contributed by atoms with E-state index in [4.69, 9.17) is 9.47 Å². The number of carbonyl (C=O) groups is 1. The number of urea groups is 1. The van der Waals surface area contributed by atoms with Gasteiger partial charge < -0.3 is 25.2 Å². The molecule has 0 spiro atoms. The van der Waals surface area contributed by atoms with E-state index in [-0.39, 0.29) is 19.4 Å². The van der Waals surface area contributed by atoms with Crippen molar-refractivity contribution in [1.29, 1.82) is 0 Å². The number of carbonyl (C=O) groups excluding carboxylic acids is 1. The summed E-state index contributed by atoms with van der Waals surface area (Å²) >= 11 is 0. The van der Waals surface area contributed by atoms with Crippen LogP contribution in [0.5, 0.6) is 11.5 Å². The van der Waals surface area contributed by atoms with Crippen LogP contribution in [-0.2, 0) is 12.1 Å². The summed E-state index contributed by atoms with van der Waals surface area (Å²) in [6, 6.07) is 14.5. The Labute approximate surface area is 140 Å². The summed E-state index contributed by atoms with van der Waals surface area (Å²) in [5, 5.41) is 16.1. The zero-order valence-electron chi connectivity index (χ0n) is 13.4. The number of hydrogen-bond donors (Lipinski definition) is 3. The quantitative estimate of drug-likeness (QED) is 0.785. The minimum absolute atomic E-state index is 0.0767. The lowest BCUT2D eigenvalue weighted by Crippen LogP contribution is -2.43. The highest BCUT2D eigenvalue weighted by Crippen LogP contribution is 2.35. The Kier molecular flexibility index (Phi) is 4.57. The van der Waals surface area contributed by atoms with Crippen molar-refractivity contribution in [3.05, 3.63) is 59.7 Å². The van der Waals surface area contributed by atoms with Crippen LogP contribution >= 0.6 is 0 Å². The molecule has 1 heterocycles. The third-order valence-electron chi connectivity index (χ3n) is 3.88. The Bertz CT molecular complexity index is 716. The Morgan fingerprint density at radius 1 is 1.12 bits per heavy atom. The van der Waals surface area contributed by atoms with E-state index in [2.05, 4.69) is 10.6 Å². The van der Waals surface area contributed by atoms with E-state index in [1.165, 1.54) is 0 Å². The zero-order chi connectivity index (χ0) is 17.0. The van der Waals surface area contributed by atoms with Crippen LogP contribution in [-0.4, -0.2) is 24.5 Å². The molecule has 2 amide bonds. The minimum atomic E-state index is -1.22. The van der Waals surface area contributed by atoms with Crippen LogP contribution in [0.25, 0.3) is 0 Å². The van der Waals surface area contributed by atoms with Crippen molar-refractivity contribution in [2.75, 3.05) is 13.3 Å². The fourth-order valence-corrected chi connectivity index (χ4v) is 2.43. The van der Waals surface area contributed by atoms with Crippen molar-refractivity contribution >= 4 is 6.03 Å². The first-order valence-corrected chi connectivity index (χ1v) is 7.73. The largest absolute Gasteiger partial charge is 0.454 e. The molecule has 0 fully saturated rings. The molecule has 1 aliphatic heterocycles. The van der Waals surface area contributed by atoms with Gasteiger partial charge in [0.2, 0.25) is 6.79 Å². The highest BCUT2D eigenvalue weighted by molar-refractivity contribution is 5.73. The number of ether oxygens (including phenoxy) is 2. The van der Waals surface area contributed by atoms with Crippen LogP contribution in [0.4, 0.5) is 4.79 Å². The van der Waals surface area contributed by atoms with Gasteiger partial charge in [0, 0.05) is 6.54 Å². The third kappa shape index (κ3) is 3.78. The summed E-state index contributed by atoms with van der Waals surface area (Å²) in [6.07, 6.45) is 0. The lowest BCUT2D eigenvalue weighted by Gasteiger charge is -2.24. The fraction of sp³-hybridized carbons (Fsp3) is 0.278. The molecule has 0 aromatic heterocycles. The number of nitrogens with one attached hydrogen (secondary N) is 2. The molecule has 0 aliphatic carbocycles. The van der Waals surface area contributed by atoms with Crippen molar-refractivity contribution < 1.29 is 19.4 Å². The molecule has 0 bridgehead atoms. The van der Waals surface area contributed by atoms with Gasteiger partial charge in [-0.2, -0.15) is 0 Å². The second-order valence-corrected chi connectivity index (χ2v) is 5.86. The van der Waals surface area contributed by atoms with Crippen LogP contribution < -0.4 is 20.1 Å². The molecule has 0 saturated carbocycles. The Morgan fingerprint density at radius 3 is 2.67 bits per heavy atom. The molecule has 3 rings (SSSR count). The topological polar surface area (TPSA) is 79.8 Å². The van der Waals surface area contributed by atoms with Gasteiger partial charge in [0.15, 0.2) is 11.5 Å². The maximum atomic E-state index is 11.9. The van der Waals surface area contributed by atoms with Gasteiger partial charge in [-0.05, 0) is 30.2 Å². The summed E-state index contributed by atoms with van der Waals surface area (Å²) in [5.41, 5.74) is 0.440. The lowest BCUT2D eigenvalue weighted by atomic mass is 9.95. The molecule has 1 atom stereocenters. The molecule has 6 nitrogen and oxygen atoms in total. The summed E-state index contributed by atoms with van der Waals surface area (Å²) in [7, 11) is 0. The standard InChI is InChI=1S/C18H20N2O4/c1-18(22,14-7-8-15-16(9-14)24-12-23-15)11-20-17(21)19-10-13-5-3-2-4-6-13/h2-9,22H,10-12H2,1H3,(H2,19,20,21). The van der Waals surface area contributed by atoms with Gasteiger partial charge in [-0.15, -0.1) is 0 Å². The second kappa shape index (κ2) is 6.80. The number of aliphatic hydroxyl groups is 1. The first-order valence-electron chi connectivity index (χ1n) is 7.73. The number of benzene rings is 2. The van der Waals surface area contributed by atoms with E-state index in [1.54, 1.807) is 25.1 Å². The summed E-state index contributed by atoms with van der Waals surface area (Å²) in [4.78, 5) is 11.9. The highest BCUT2D eigenvalue weighted by atomic mass is 16.7. The van der Waals surface area contributed by atoms with E-state index >= 15 is 0 Å². The lowest BCUT2D eigenvalue weighted by molar-refractivity contribution is 0.0591. The van der Waals surface area contributed by atoms with E-state index in [1.807, 2.05) is 30.3 Å². The van der Waals surface area contributed by atoms with Gasteiger partial charge >= 0.3 is 6.03 Å². The third-order valence-corrected chi connectivity index (χ3v) is 3.88.